The molecule has 294 valence electrons. The number of morpholine rings is 1. The Morgan fingerprint density at radius 1 is 0.754 bits per heavy atom. The highest BCUT2D eigenvalue weighted by molar-refractivity contribution is 5.93. The van der Waals surface area contributed by atoms with Crippen molar-refractivity contribution in [1.29, 1.82) is 0 Å². The minimum Gasteiger partial charge on any atom is -0.378 e. The summed E-state index contributed by atoms with van der Waals surface area (Å²) in [6.45, 7) is 3.94. The number of likely N-dealkylation sites (tertiary alicyclic amines) is 1. The third-order valence-corrected chi connectivity index (χ3v) is 11.9. The van der Waals surface area contributed by atoms with Crippen molar-refractivity contribution in [3.05, 3.63) is 108 Å². The van der Waals surface area contributed by atoms with Gasteiger partial charge in [0.25, 0.3) is 0 Å². The van der Waals surface area contributed by atoms with E-state index in [1.54, 1.807) is 4.90 Å². The van der Waals surface area contributed by atoms with Crippen LogP contribution in [0, 0.1) is 0 Å². The van der Waals surface area contributed by atoms with E-state index in [0.29, 0.717) is 51.7 Å². The predicted molar refractivity (Wildman–Crippen MR) is 214 cm³/mol. The van der Waals surface area contributed by atoms with Gasteiger partial charge in [-0.25, -0.2) is 14.8 Å². The Labute approximate surface area is 331 Å². The second-order valence-electron chi connectivity index (χ2n) is 15.4. The summed E-state index contributed by atoms with van der Waals surface area (Å²) in [7, 11) is 0. The number of carbonyl (C=O) groups excluding carboxylic acids is 3. The van der Waals surface area contributed by atoms with Crippen LogP contribution in [0.25, 0.3) is 33.6 Å². The third-order valence-electron chi connectivity index (χ3n) is 11.9. The van der Waals surface area contributed by atoms with Crippen LogP contribution in [0.5, 0.6) is 0 Å². The Morgan fingerprint density at radius 3 is 2.11 bits per heavy atom. The van der Waals surface area contributed by atoms with Gasteiger partial charge >= 0.3 is 6.03 Å². The van der Waals surface area contributed by atoms with Crippen LogP contribution >= 0.6 is 0 Å². The van der Waals surface area contributed by atoms with E-state index in [2.05, 4.69) is 69.1 Å². The van der Waals surface area contributed by atoms with Gasteiger partial charge in [-0.2, -0.15) is 0 Å². The van der Waals surface area contributed by atoms with Crippen LogP contribution in [-0.4, -0.2) is 99.6 Å². The maximum absolute atomic E-state index is 14.2. The van der Waals surface area contributed by atoms with Gasteiger partial charge in [0.15, 0.2) is 5.78 Å². The fraction of sp³-hybridized carbons (Fsp3) is 0.386. The van der Waals surface area contributed by atoms with Crippen LogP contribution in [0.15, 0.2) is 91.3 Å². The monoisotopic (exact) mass is 768 g/mol. The number of Topliss-reactive ketones (excluding diaryl/α,β-unsaturated/α-hetero) is 1. The number of rotatable bonds is 10. The Hall–Kier alpha value is -5.63. The zero-order valence-corrected chi connectivity index (χ0v) is 31.9. The van der Waals surface area contributed by atoms with Gasteiger partial charge in [-0.1, -0.05) is 78.9 Å². The van der Waals surface area contributed by atoms with Gasteiger partial charge in [0.1, 0.15) is 29.3 Å². The van der Waals surface area contributed by atoms with Crippen molar-refractivity contribution < 1.29 is 23.9 Å². The van der Waals surface area contributed by atoms with Crippen LogP contribution in [0.2, 0.25) is 0 Å². The van der Waals surface area contributed by atoms with Gasteiger partial charge < -0.3 is 34.6 Å². The molecule has 0 saturated carbocycles. The number of ketones is 1. The summed E-state index contributed by atoms with van der Waals surface area (Å²) >= 11 is 0. The van der Waals surface area contributed by atoms with Gasteiger partial charge in [0, 0.05) is 26.2 Å². The van der Waals surface area contributed by atoms with E-state index in [1.807, 2.05) is 47.6 Å². The number of H-pyrrole nitrogens is 2. The average molecular weight is 769 g/mol. The first-order chi connectivity index (χ1) is 28.0. The van der Waals surface area contributed by atoms with Crippen LogP contribution in [0.1, 0.15) is 67.8 Å². The fourth-order valence-electron chi connectivity index (χ4n) is 8.75. The normalized spacial score (nSPS) is 22.8. The largest absolute Gasteiger partial charge is 0.378 e. The van der Waals surface area contributed by atoms with Crippen LogP contribution in [-0.2, 0) is 24.6 Å². The first kappa shape index (κ1) is 37.0. The highest BCUT2D eigenvalue weighted by atomic mass is 16.5. The van der Waals surface area contributed by atoms with E-state index < -0.39 is 11.6 Å². The number of nitrogens with one attached hydrogen (secondary N) is 4. The molecule has 4 fully saturated rings. The Kier molecular flexibility index (Phi) is 10.4. The van der Waals surface area contributed by atoms with Crippen LogP contribution < -0.4 is 10.6 Å². The van der Waals surface area contributed by atoms with Gasteiger partial charge in [-0.05, 0) is 72.9 Å². The van der Waals surface area contributed by atoms with E-state index in [4.69, 9.17) is 19.4 Å². The van der Waals surface area contributed by atoms with E-state index in [1.165, 1.54) is 0 Å². The van der Waals surface area contributed by atoms with Crippen LogP contribution in [0.4, 0.5) is 4.79 Å². The number of imidazole rings is 2. The minimum absolute atomic E-state index is 0.0816. The maximum atomic E-state index is 14.2. The number of aromatic nitrogens is 4. The lowest BCUT2D eigenvalue weighted by atomic mass is 9.87. The molecule has 0 bridgehead atoms. The molecule has 3 aromatic carbocycles. The van der Waals surface area contributed by atoms with Crippen molar-refractivity contribution in [3.8, 4) is 33.6 Å². The highest BCUT2D eigenvalue weighted by Gasteiger charge is 2.48. The number of nitrogens with zero attached hydrogens (tertiary/aromatic N) is 4. The number of hydrogen-bond donors (Lipinski definition) is 4. The highest BCUT2D eigenvalue weighted by Crippen LogP contribution is 2.37. The molecule has 13 nitrogen and oxygen atoms in total. The molecule has 5 aromatic rings. The van der Waals surface area contributed by atoms with Crippen molar-refractivity contribution >= 4 is 17.7 Å². The average Bonchev–Trinajstić information content (AvgIpc) is 4.13. The topological polar surface area (TPSA) is 158 Å². The molecule has 57 heavy (non-hydrogen) atoms. The van der Waals surface area contributed by atoms with E-state index in [-0.39, 0.29) is 29.9 Å². The second-order valence-corrected chi connectivity index (χ2v) is 15.4. The summed E-state index contributed by atoms with van der Waals surface area (Å²) in [4.78, 5) is 61.1. The second kappa shape index (κ2) is 16.1. The standard InChI is InChI=1S/C44H48N8O5/c53-39(37-10-5-24-57-37)44(19-6-20-47-44)42-46-28-35(49-42)32-17-13-30(14-18-32)29-11-15-31(16-12-29)34-27-45-40(48-34)36-9-4-21-52(36)41(54)38(33-7-2-1-3-8-33)50-43(55)51-22-25-56-26-23-51/h1-3,7-8,11-18,27-28,36-38,47H,4-6,9-10,19-26H2,(H,45,48)(H,46,49)(H,50,55)/t36-,37+,38+,44+/m0/s1. The molecule has 4 aliphatic rings. The molecule has 2 aromatic heterocycles. The molecule has 3 amide bonds. The van der Waals surface area contributed by atoms with Crippen molar-refractivity contribution in [3.63, 3.8) is 0 Å². The first-order valence-corrected chi connectivity index (χ1v) is 20.2. The molecule has 4 atom stereocenters. The third kappa shape index (κ3) is 7.38. The number of ether oxygens (including phenoxy) is 2. The van der Waals surface area contributed by atoms with E-state index >= 15 is 0 Å². The number of benzene rings is 3. The molecule has 6 heterocycles. The molecule has 13 heteroatoms. The number of carbonyl (C=O) groups is 3. The zero-order chi connectivity index (χ0) is 38.8. The predicted octanol–water partition coefficient (Wildman–Crippen LogP) is 5.91. The van der Waals surface area contributed by atoms with Crippen molar-refractivity contribution in [2.24, 2.45) is 0 Å². The van der Waals surface area contributed by atoms with Crippen LogP contribution in [0.3, 0.4) is 0 Å². The molecule has 9 rings (SSSR count). The molecule has 0 spiro atoms. The maximum Gasteiger partial charge on any atom is 0.318 e. The molecular weight excluding hydrogens is 721 g/mol. The Morgan fingerprint density at radius 2 is 1.44 bits per heavy atom. The zero-order valence-electron chi connectivity index (χ0n) is 31.9. The number of hydrogen-bond acceptors (Lipinski definition) is 8. The SMILES string of the molecule is O=C(N[C@@H](C(=O)N1CCC[C@H]1c1ncc(-c2ccc(-c3ccc(-c4cnc([C@]5(C(=O)[C@H]6CCCO6)CCCN5)[nH]4)cc3)cc2)[nH]1)c1ccccc1)N1CCOCC1. The van der Waals surface area contributed by atoms with E-state index in [0.717, 1.165) is 83.7 Å². The number of urea groups is 1. The lowest BCUT2D eigenvalue weighted by molar-refractivity contribution is -0.135. The lowest BCUT2D eigenvalue weighted by Gasteiger charge is -2.32. The van der Waals surface area contributed by atoms with Gasteiger partial charge in [0.2, 0.25) is 5.91 Å². The van der Waals surface area contributed by atoms with Crippen molar-refractivity contribution in [1.82, 2.24) is 40.4 Å². The summed E-state index contributed by atoms with van der Waals surface area (Å²) in [6.07, 6.45) is 8.18. The fourth-order valence-corrected chi connectivity index (χ4v) is 8.75. The van der Waals surface area contributed by atoms with Crippen molar-refractivity contribution in [2.45, 2.75) is 62.3 Å². The van der Waals surface area contributed by atoms with Crippen molar-refractivity contribution in [2.75, 3.05) is 46.0 Å². The summed E-state index contributed by atoms with van der Waals surface area (Å²) in [5.74, 6) is 1.33. The van der Waals surface area contributed by atoms with E-state index in [9.17, 15) is 14.4 Å². The van der Waals surface area contributed by atoms with Gasteiger partial charge in [-0.15, -0.1) is 0 Å². The summed E-state index contributed by atoms with van der Waals surface area (Å²) in [5.41, 5.74) is 5.78. The lowest BCUT2D eigenvalue weighted by Crippen LogP contribution is -2.50. The molecule has 0 aliphatic carbocycles. The number of amides is 3. The minimum atomic E-state index is -0.827. The van der Waals surface area contributed by atoms with Gasteiger partial charge in [0.05, 0.1) is 43.0 Å². The summed E-state index contributed by atoms with van der Waals surface area (Å²) in [6, 6.07) is 24.8. The number of aromatic amines is 2. The smallest absolute Gasteiger partial charge is 0.318 e. The molecule has 4 aliphatic heterocycles. The quantitative estimate of drug-likeness (QED) is 0.137. The Bertz CT molecular complexity index is 2180. The molecule has 4 saturated heterocycles. The first-order valence-electron chi connectivity index (χ1n) is 20.2. The molecule has 4 N–H and O–H groups in total. The Balaban J connectivity index is 0.874. The summed E-state index contributed by atoms with van der Waals surface area (Å²) < 4.78 is 11.2. The van der Waals surface area contributed by atoms with Gasteiger partial charge in [-0.3, -0.25) is 14.9 Å². The molecule has 0 unspecified atom stereocenters. The molecule has 0 radical (unpaired) electrons. The molecular formula is C44H48N8O5. The summed E-state index contributed by atoms with van der Waals surface area (Å²) in [5, 5.41) is 6.48.